The number of hydrogen-bond acceptors (Lipinski definition) is 5. The summed E-state index contributed by atoms with van der Waals surface area (Å²) in [5.74, 6) is -0.292. The summed E-state index contributed by atoms with van der Waals surface area (Å²) in [6.45, 7) is 3.62. The van der Waals surface area contributed by atoms with Gasteiger partial charge in [-0.15, -0.1) is 0 Å². The van der Waals surface area contributed by atoms with Gasteiger partial charge >= 0.3 is 0 Å². The predicted octanol–water partition coefficient (Wildman–Crippen LogP) is 2.01. The highest BCUT2D eigenvalue weighted by Gasteiger charge is 2.26. The van der Waals surface area contributed by atoms with Gasteiger partial charge in [-0.25, -0.2) is 13.9 Å². The number of halogens is 1. The summed E-state index contributed by atoms with van der Waals surface area (Å²) in [6.07, 6.45) is 1.23. The minimum absolute atomic E-state index is 0.0249. The Kier molecular flexibility index (Phi) is 8.81. The molecule has 9 heteroatoms. The average Bonchev–Trinajstić information content (AvgIpc) is 2.57. The summed E-state index contributed by atoms with van der Waals surface area (Å²) in [5, 5.41) is 8.77. The van der Waals surface area contributed by atoms with Crippen molar-refractivity contribution in [2.45, 2.75) is 44.0 Å². The minimum atomic E-state index is -3.93. The van der Waals surface area contributed by atoms with Crippen LogP contribution in [0.2, 0.25) is 0 Å². The van der Waals surface area contributed by atoms with Gasteiger partial charge in [0.15, 0.2) is 0 Å². The molecule has 1 rings (SSSR count). The van der Waals surface area contributed by atoms with Gasteiger partial charge in [-0.2, -0.15) is 4.72 Å². The third-order valence-electron chi connectivity index (χ3n) is 3.36. The Morgan fingerprint density at radius 2 is 1.88 bits per heavy atom. The lowest BCUT2D eigenvalue weighted by Crippen LogP contribution is -2.46. The summed E-state index contributed by atoms with van der Waals surface area (Å²) in [5.41, 5.74) is 1.47. The van der Waals surface area contributed by atoms with Crippen LogP contribution in [0.3, 0.4) is 0 Å². The standard InChI is InChI=1S/C16H25FN2O5S/c1-12(2)11-15(16(20)18-21)19-25(22,23)14-7-5-13(6-8-14)24-10-4-3-9-17/h5-8,12,15,19,21H,3-4,9-11H2,1-2H3,(H,18,20)/t15-/m1/s1. The van der Waals surface area contributed by atoms with E-state index in [1.54, 1.807) is 0 Å². The number of hydroxylamine groups is 1. The van der Waals surface area contributed by atoms with Crippen LogP contribution in [0.5, 0.6) is 5.75 Å². The largest absolute Gasteiger partial charge is 0.494 e. The molecule has 0 aromatic heterocycles. The number of carbonyl (C=O) groups is 1. The summed E-state index contributed by atoms with van der Waals surface area (Å²) < 4.78 is 44.5. The molecule has 1 aromatic carbocycles. The number of benzene rings is 1. The van der Waals surface area contributed by atoms with Gasteiger partial charge in [-0.05, 0) is 49.4 Å². The van der Waals surface area contributed by atoms with Crippen molar-refractivity contribution in [2.24, 2.45) is 5.92 Å². The lowest BCUT2D eigenvalue weighted by Gasteiger charge is -2.18. The Labute approximate surface area is 147 Å². The highest BCUT2D eigenvalue weighted by Crippen LogP contribution is 2.17. The maximum Gasteiger partial charge on any atom is 0.261 e. The molecule has 0 fully saturated rings. The first kappa shape index (κ1) is 21.3. The third-order valence-corrected chi connectivity index (χ3v) is 4.85. The quantitative estimate of drug-likeness (QED) is 0.311. The molecule has 1 amide bonds. The first-order chi connectivity index (χ1) is 11.8. The van der Waals surface area contributed by atoms with Crippen LogP contribution in [0, 0.1) is 5.92 Å². The van der Waals surface area contributed by atoms with Crippen LogP contribution in [-0.4, -0.2) is 38.9 Å². The fourth-order valence-corrected chi connectivity index (χ4v) is 3.32. The van der Waals surface area contributed by atoms with Crippen LogP contribution >= 0.6 is 0 Å². The number of ether oxygens (including phenoxy) is 1. The third kappa shape index (κ3) is 7.37. The van der Waals surface area contributed by atoms with Crippen LogP contribution in [0.4, 0.5) is 4.39 Å². The maximum absolute atomic E-state index is 12.4. The van der Waals surface area contributed by atoms with Crippen molar-refractivity contribution < 1.29 is 27.5 Å². The molecule has 3 N–H and O–H groups in total. The van der Waals surface area contributed by atoms with Crippen molar-refractivity contribution in [3.63, 3.8) is 0 Å². The van der Waals surface area contributed by atoms with Crippen LogP contribution in [0.1, 0.15) is 33.1 Å². The normalized spacial score (nSPS) is 12.8. The van der Waals surface area contributed by atoms with E-state index >= 15 is 0 Å². The van der Waals surface area contributed by atoms with Crippen LogP contribution in [0.25, 0.3) is 0 Å². The number of hydrogen-bond donors (Lipinski definition) is 3. The van der Waals surface area contributed by atoms with E-state index in [2.05, 4.69) is 4.72 Å². The highest BCUT2D eigenvalue weighted by atomic mass is 32.2. The van der Waals surface area contributed by atoms with Gasteiger partial charge in [0, 0.05) is 0 Å². The van der Waals surface area contributed by atoms with E-state index in [9.17, 15) is 17.6 Å². The molecule has 0 spiro atoms. The first-order valence-electron chi connectivity index (χ1n) is 8.05. The van der Waals surface area contributed by atoms with Crippen molar-refractivity contribution >= 4 is 15.9 Å². The summed E-state index contributed by atoms with van der Waals surface area (Å²) in [6, 6.07) is 4.62. The molecule has 0 aliphatic rings. The van der Waals surface area contributed by atoms with E-state index in [4.69, 9.17) is 9.94 Å². The maximum atomic E-state index is 12.4. The second kappa shape index (κ2) is 10.3. The number of alkyl halides is 1. The smallest absolute Gasteiger partial charge is 0.261 e. The summed E-state index contributed by atoms with van der Waals surface area (Å²) in [7, 11) is -3.93. The highest BCUT2D eigenvalue weighted by molar-refractivity contribution is 7.89. The lowest BCUT2D eigenvalue weighted by molar-refractivity contribution is -0.131. The van der Waals surface area contributed by atoms with Crippen LogP contribution in [-0.2, 0) is 14.8 Å². The van der Waals surface area contributed by atoms with Gasteiger partial charge in [-0.1, -0.05) is 13.8 Å². The molecule has 0 aliphatic carbocycles. The topological polar surface area (TPSA) is 105 Å². The van der Waals surface area contributed by atoms with E-state index in [1.807, 2.05) is 13.8 Å². The van der Waals surface area contributed by atoms with Gasteiger partial charge < -0.3 is 4.74 Å². The molecule has 0 radical (unpaired) electrons. The van der Waals surface area contributed by atoms with Gasteiger partial charge in [0.2, 0.25) is 10.0 Å². The Bertz CT molecular complexity index is 634. The minimum Gasteiger partial charge on any atom is -0.494 e. The first-order valence-corrected chi connectivity index (χ1v) is 9.53. The second-order valence-electron chi connectivity index (χ2n) is 6.00. The van der Waals surface area contributed by atoms with E-state index in [-0.39, 0.29) is 17.2 Å². The van der Waals surface area contributed by atoms with E-state index in [0.29, 0.717) is 25.2 Å². The SMILES string of the molecule is CC(C)C[C@@H](NS(=O)(=O)c1ccc(OCCCCF)cc1)C(=O)NO. The predicted molar refractivity (Wildman–Crippen MR) is 90.6 cm³/mol. The Balaban J connectivity index is 2.77. The Hall–Kier alpha value is -1.71. The van der Waals surface area contributed by atoms with Crippen molar-refractivity contribution in [3.05, 3.63) is 24.3 Å². The number of amides is 1. The van der Waals surface area contributed by atoms with Crippen LogP contribution < -0.4 is 14.9 Å². The molecule has 0 saturated heterocycles. The van der Waals surface area contributed by atoms with Crippen molar-refractivity contribution in [1.82, 2.24) is 10.2 Å². The monoisotopic (exact) mass is 376 g/mol. The zero-order valence-corrected chi connectivity index (χ0v) is 15.2. The summed E-state index contributed by atoms with van der Waals surface area (Å²) >= 11 is 0. The van der Waals surface area contributed by atoms with Crippen molar-refractivity contribution in [1.29, 1.82) is 0 Å². The zero-order chi connectivity index (χ0) is 18.9. The zero-order valence-electron chi connectivity index (χ0n) is 14.4. The molecule has 0 bridgehead atoms. The van der Waals surface area contributed by atoms with Gasteiger partial charge in [-0.3, -0.25) is 14.4 Å². The number of sulfonamides is 1. The molecule has 142 valence electrons. The molecule has 0 unspecified atom stereocenters. The van der Waals surface area contributed by atoms with Gasteiger partial charge in [0.1, 0.15) is 11.8 Å². The number of rotatable bonds is 11. The van der Waals surface area contributed by atoms with E-state index in [1.165, 1.54) is 29.7 Å². The van der Waals surface area contributed by atoms with E-state index < -0.39 is 28.6 Å². The lowest BCUT2D eigenvalue weighted by atomic mass is 10.0. The number of unbranched alkanes of at least 4 members (excludes halogenated alkanes) is 1. The van der Waals surface area contributed by atoms with E-state index in [0.717, 1.165) is 0 Å². The molecule has 0 heterocycles. The second-order valence-corrected chi connectivity index (χ2v) is 7.71. The molecule has 7 nitrogen and oxygen atoms in total. The fraction of sp³-hybridized carbons (Fsp3) is 0.562. The Morgan fingerprint density at radius 3 is 2.40 bits per heavy atom. The number of nitrogens with one attached hydrogen (secondary N) is 2. The van der Waals surface area contributed by atoms with Gasteiger partial charge in [0.25, 0.3) is 5.91 Å². The van der Waals surface area contributed by atoms with Crippen molar-refractivity contribution in [2.75, 3.05) is 13.3 Å². The summed E-state index contributed by atoms with van der Waals surface area (Å²) in [4.78, 5) is 11.6. The number of carbonyl (C=O) groups excluding carboxylic acids is 1. The molecular formula is C16H25FN2O5S. The molecule has 0 saturated carbocycles. The molecular weight excluding hydrogens is 351 g/mol. The van der Waals surface area contributed by atoms with Crippen LogP contribution in [0.15, 0.2) is 29.2 Å². The molecule has 1 atom stereocenters. The molecule has 25 heavy (non-hydrogen) atoms. The molecule has 1 aromatic rings. The fourth-order valence-electron chi connectivity index (χ4n) is 2.11. The Morgan fingerprint density at radius 1 is 1.24 bits per heavy atom. The van der Waals surface area contributed by atoms with Gasteiger partial charge in [0.05, 0.1) is 18.2 Å². The molecule has 0 aliphatic heterocycles. The van der Waals surface area contributed by atoms with Crippen molar-refractivity contribution in [3.8, 4) is 5.75 Å². The average molecular weight is 376 g/mol.